The van der Waals surface area contributed by atoms with Crippen molar-refractivity contribution in [2.24, 2.45) is 17.8 Å². The zero-order chi connectivity index (χ0) is 21.7. The molecule has 3 atom stereocenters. The third-order valence-electron chi connectivity index (χ3n) is 6.71. The van der Waals surface area contributed by atoms with Gasteiger partial charge in [-0.05, 0) is 69.1 Å². The number of fused-ring (bicyclic) bond motifs is 1. The van der Waals surface area contributed by atoms with Crippen molar-refractivity contribution < 1.29 is 4.79 Å². The van der Waals surface area contributed by atoms with Gasteiger partial charge in [-0.1, -0.05) is 37.9 Å². The lowest BCUT2D eigenvalue weighted by atomic mass is 9.75. The fourth-order valence-corrected chi connectivity index (χ4v) is 5.08. The highest BCUT2D eigenvalue weighted by Crippen LogP contribution is 2.37. The molecule has 1 aliphatic carbocycles. The Balaban J connectivity index is 1.75. The van der Waals surface area contributed by atoms with Gasteiger partial charge < -0.3 is 5.32 Å². The van der Waals surface area contributed by atoms with Gasteiger partial charge in [0.1, 0.15) is 5.02 Å². The van der Waals surface area contributed by atoms with Gasteiger partial charge in [-0.3, -0.25) is 9.89 Å². The van der Waals surface area contributed by atoms with Gasteiger partial charge in [-0.2, -0.15) is 0 Å². The third-order valence-corrected chi connectivity index (χ3v) is 7.16. The van der Waals surface area contributed by atoms with E-state index in [9.17, 15) is 4.79 Å². The number of aromatic nitrogens is 4. The number of rotatable bonds is 3. The molecule has 0 bridgehead atoms. The maximum atomic E-state index is 13.2. The highest BCUT2D eigenvalue weighted by Gasteiger charge is 2.32. The number of benzene rings is 1. The normalized spacial score (nSPS) is 21.9. The summed E-state index contributed by atoms with van der Waals surface area (Å²) >= 11 is 6.35. The predicted molar refractivity (Wildman–Crippen MR) is 121 cm³/mol. The first-order valence-corrected chi connectivity index (χ1v) is 11.1. The molecule has 0 radical (unpaired) electrons. The van der Waals surface area contributed by atoms with Crippen molar-refractivity contribution in [3.63, 3.8) is 0 Å². The quantitative estimate of drug-likeness (QED) is 0.569. The molecule has 2 aromatic heterocycles. The maximum absolute atomic E-state index is 13.2. The van der Waals surface area contributed by atoms with Gasteiger partial charge >= 0.3 is 0 Å². The van der Waals surface area contributed by atoms with Crippen molar-refractivity contribution >= 4 is 28.8 Å². The van der Waals surface area contributed by atoms with E-state index in [4.69, 9.17) is 11.6 Å². The van der Waals surface area contributed by atoms with Crippen molar-refractivity contribution in [2.45, 2.75) is 60.8 Å². The standard InChI is InChI=1S/C23H30ClN5O/c1-11-7-8-12(2)17(9-11)23(30)25-20-14(4)10-13(3)18(15(20)5)21-26-27-22-19(24)16(6)28-29(21)22/h10-12,17,28H,7-9H2,1-6H3,(H,25,30). The molecule has 1 saturated carbocycles. The molecule has 4 rings (SSSR count). The van der Waals surface area contributed by atoms with E-state index in [1.54, 1.807) is 0 Å². The number of nitrogens with one attached hydrogen (secondary N) is 2. The summed E-state index contributed by atoms with van der Waals surface area (Å²) in [7, 11) is 0. The van der Waals surface area contributed by atoms with Crippen LogP contribution in [0.25, 0.3) is 17.0 Å². The first kappa shape index (κ1) is 20.9. The summed E-state index contributed by atoms with van der Waals surface area (Å²) < 4.78 is 1.82. The zero-order valence-corrected chi connectivity index (χ0v) is 19.3. The van der Waals surface area contributed by atoms with Crippen LogP contribution in [0.3, 0.4) is 0 Å². The molecule has 1 amide bonds. The molecular weight excluding hydrogens is 398 g/mol. The summed E-state index contributed by atoms with van der Waals surface area (Å²) in [5, 5.41) is 15.7. The lowest BCUT2D eigenvalue weighted by molar-refractivity contribution is -0.122. The monoisotopic (exact) mass is 427 g/mol. The Morgan fingerprint density at radius 1 is 1.17 bits per heavy atom. The Bertz CT molecular complexity index is 1130. The van der Waals surface area contributed by atoms with E-state index in [-0.39, 0.29) is 11.8 Å². The summed E-state index contributed by atoms with van der Waals surface area (Å²) in [6.45, 7) is 12.5. The lowest BCUT2D eigenvalue weighted by Gasteiger charge is -2.32. The molecule has 1 aromatic carbocycles. The fraction of sp³-hybridized carbons (Fsp3) is 0.522. The molecule has 0 saturated heterocycles. The van der Waals surface area contributed by atoms with Crippen LogP contribution < -0.4 is 5.32 Å². The highest BCUT2D eigenvalue weighted by atomic mass is 35.5. The van der Waals surface area contributed by atoms with Crippen LogP contribution in [0.1, 0.15) is 55.5 Å². The van der Waals surface area contributed by atoms with Gasteiger partial charge in [0.05, 0.1) is 5.69 Å². The Labute approximate surface area is 182 Å². The number of hydrogen-bond acceptors (Lipinski definition) is 3. The largest absolute Gasteiger partial charge is 0.325 e. The summed E-state index contributed by atoms with van der Waals surface area (Å²) in [5.41, 5.74) is 6.43. The SMILES string of the molecule is Cc1cc(C)c(-c2nnc3c(Cl)c(C)[nH]n23)c(C)c1NC(=O)C1CC(C)CCC1C. The number of amides is 1. The summed E-state index contributed by atoms with van der Waals surface area (Å²) in [6, 6.07) is 2.10. The van der Waals surface area contributed by atoms with E-state index in [0.717, 1.165) is 46.5 Å². The average Bonchev–Trinajstić information content (AvgIpc) is 3.21. The minimum Gasteiger partial charge on any atom is -0.325 e. The smallest absolute Gasteiger partial charge is 0.227 e. The number of aryl methyl sites for hydroxylation is 3. The lowest BCUT2D eigenvalue weighted by Crippen LogP contribution is -2.33. The van der Waals surface area contributed by atoms with Gasteiger partial charge in [0, 0.05) is 17.2 Å². The van der Waals surface area contributed by atoms with Crippen molar-refractivity contribution in [3.05, 3.63) is 33.5 Å². The minimum absolute atomic E-state index is 0.0574. The van der Waals surface area contributed by atoms with Crippen LogP contribution in [0.15, 0.2) is 6.07 Å². The van der Waals surface area contributed by atoms with Crippen LogP contribution in [0.5, 0.6) is 0 Å². The van der Waals surface area contributed by atoms with Crippen LogP contribution in [0, 0.1) is 45.4 Å². The molecule has 1 fully saturated rings. The number of H-pyrrole nitrogens is 1. The number of hydrogen-bond donors (Lipinski definition) is 2. The van der Waals surface area contributed by atoms with E-state index < -0.39 is 0 Å². The molecule has 0 aliphatic heterocycles. The van der Waals surface area contributed by atoms with Crippen molar-refractivity contribution in [2.75, 3.05) is 5.32 Å². The number of anilines is 1. The van der Waals surface area contributed by atoms with E-state index in [1.807, 2.05) is 25.3 Å². The molecule has 3 aromatic rings. The third kappa shape index (κ3) is 3.41. The topological polar surface area (TPSA) is 75.1 Å². The molecule has 160 valence electrons. The average molecular weight is 428 g/mol. The van der Waals surface area contributed by atoms with Crippen molar-refractivity contribution in [1.29, 1.82) is 0 Å². The number of carbonyl (C=O) groups is 1. The van der Waals surface area contributed by atoms with Gasteiger partial charge in [0.15, 0.2) is 11.5 Å². The second-order valence-corrected chi connectivity index (χ2v) is 9.49. The second kappa shape index (κ2) is 7.73. The molecule has 7 heteroatoms. The molecule has 1 aliphatic rings. The fourth-order valence-electron chi connectivity index (χ4n) is 4.91. The first-order valence-electron chi connectivity index (χ1n) is 10.7. The number of halogens is 1. The number of carbonyl (C=O) groups excluding carboxylic acids is 1. The number of aromatic amines is 1. The van der Waals surface area contributed by atoms with Gasteiger partial charge in [-0.15, -0.1) is 10.2 Å². The molecule has 2 heterocycles. The summed E-state index contributed by atoms with van der Waals surface area (Å²) in [6.07, 6.45) is 3.27. The van der Waals surface area contributed by atoms with Crippen molar-refractivity contribution in [1.82, 2.24) is 19.8 Å². The van der Waals surface area contributed by atoms with Crippen LogP contribution in [0.4, 0.5) is 5.69 Å². The molecule has 30 heavy (non-hydrogen) atoms. The first-order chi connectivity index (χ1) is 14.2. The van der Waals surface area contributed by atoms with Crippen LogP contribution in [-0.2, 0) is 4.79 Å². The van der Waals surface area contributed by atoms with Gasteiger partial charge in [-0.25, -0.2) is 4.52 Å². The zero-order valence-electron chi connectivity index (χ0n) is 18.6. The van der Waals surface area contributed by atoms with E-state index in [0.29, 0.717) is 28.3 Å². The van der Waals surface area contributed by atoms with Crippen LogP contribution in [0.2, 0.25) is 5.02 Å². The maximum Gasteiger partial charge on any atom is 0.227 e. The number of nitrogens with zero attached hydrogens (tertiary/aromatic N) is 3. The van der Waals surface area contributed by atoms with E-state index in [1.165, 1.54) is 6.42 Å². The van der Waals surface area contributed by atoms with Crippen LogP contribution >= 0.6 is 11.6 Å². The van der Waals surface area contributed by atoms with Gasteiger partial charge in [0.25, 0.3) is 0 Å². The predicted octanol–water partition coefficient (Wildman–Crippen LogP) is 5.62. The molecule has 3 unspecified atom stereocenters. The Morgan fingerprint density at radius 2 is 1.90 bits per heavy atom. The van der Waals surface area contributed by atoms with Crippen LogP contribution in [-0.4, -0.2) is 25.7 Å². The second-order valence-electron chi connectivity index (χ2n) is 9.11. The summed E-state index contributed by atoms with van der Waals surface area (Å²) in [5.74, 6) is 1.89. The Kier molecular flexibility index (Phi) is 5.39. The minimum atomic E-state index is 0.0574. The van der Waals surface area contributed by atoms with Gasteiger partial charge in [0.2, 0.25) is 5.91 Å². The molecular formula is C23H30ClN5O. The van der Waals surface area contributed by atoms with E-state index in [2.05, 4.69) is 47.5 Å². The summed E-state index contributed by atoms with van der Waals surface area (Å²) in [4.78, 5) is 13.2. The highest BCUT2D eigenvalue weighted by molar-refractivity contribution is 6.34. The molecule has 6 nitrogen and oxygen atoms in total. The Morgan fingerprint density at radius 3 is 2.63 bits per heavy atom. The molecule has 2 N–H and O–H groups in total. The van der Waals surface area contributed by atoms with Crippen molar-refractivity contribution in [3.8, 4) is 11.4 Å². The Hall–Kier alpha value is -2.34. The van der Waals surface area contributed by atoms with E-state index >= 15 is 0 Å². The molecule has 0 spiro atoms.